The molecule has 214 valence electrons. The van der Waals surface area contributed by atoms with E-state index in [9.17, 15) is 24.9 Å². The van der Waals surface area contributed by atoms with Gasteiger partial charge in [0, 0.05) is 30.1 Å². The van der Waals surface area contributed by atoms with Crippen LogP contribution in [-0.2, 0) is 14.3 Å². The number of rotatable bonds is 2. The first-order valence-electron chi connectivity index (χ1n) is 14.9. The van der Waals surface area contributed by atoms with E-state index in [0.29, 0.717) is 25.2 Å². The molecule has 0 radical (unpaired) electrons. The van der Waals surface area contributed by atoms with Crippen molar-refractivity contribution < 1.29 is 29.6 Å². The zero-order chi connectivity index (χ0) is 28.2. The number of aliphatic hydroxyl groups excluding tert-OH is 3. The minimum atomic E-state index is -0.974. The Morgan fingerprint density at radius 1 is 1.03 bits per heavy atom. The van der Waals surface area contributed by atoms with E-state index in [0.717, 1.165) is 19.3 Å². The maximum atomic E-state index is 13.0. The van der Waals surface area contributed by atoms with Crippen LogP contribution in [0.1, 0.15) is 93.9 Å². The maximum absolute atomic E-state index is 13.0. The maximum Gasteiger partial charge on any atom is 0.302 e. The van der Waals surface area contributed by atoms with Crippen molar-refractivity contribution in [2.24, 2.45) is 56.7 Å². The van der Waals surface area contributed by atoms with Gasteiger partial charge in [0.15, 0.2) is 0 Å². The van der Waals surface area contributed by atoms with Crippen molar-refractivity contribution in [3.8, 4) is 0 Å². The van der Waals surface area contributed by atoms with Crippen molar-refractivity contribution in [3.05, 3.63) is 11.6 Å². The summed E-state index contributed by atoms with van der Waals surface area (Å²) >= 11 is 0. The standard InChI is InChI=1S/C32H50O6/c1-17-18(2)25(36)27(37)32(16-38-19(3)33)14-13-30(7)20(24(17)32)9-10-22-29(6)12-11-23(35)28(4,5)26(29)21(34)15-31(22,30)8/h9,17-18,21-22,24-27,34,36-37H,10-16H2,1-8H3. The van der Waals surface area contributed by atoms with Crippen LogP contribution in [0.15, 0.2) is 11.6 Å². The zero-order valence-corrected chi connectivity index (χ0v) is 24.7. The van der Waals surface area contributed by atoms with Crippen molar-refractivity contribution in [1.82, 2.24) is 0 Å². The molecule has 0 saturated heterocycles. The fourth-order valence-electron chi connectivity index (χ4n) is 11.2. The van der Waals surface area contributed by atoms with E-state index in [4.69, 9.17) is 4.74 Å². The van der Waals surface area contributed by atoms with E-state index in [1.807, 2.05) is 20.8 Å². The van der Waals surface area contributed by atoms with Gasteiger partial charge >= 0.3 is 5.97 Å². The molecule has 38 heavy (non-hydrogen) atoms. The van der Waals surface area contributed by atoms with Crippen LogP contribution in [0.2, 0.25) is 0 Å². The van der Waals surface area contributed by atoms with E-state index in [1.54, 1.807) is 0 Å². The summed E-state index contributed by atoms with van der Waals surface area (Å²) in [6.45, 7) is 16.9. The number of hydrogen-bond donors (Lipinski definition) is 3. The number of aliphatic hydroxyl groups is 3. The average molecular weight is 531 g/mol. The lowest BCUT2D eigenvalue weighted by Crippen LogP contribution is -2.70. The Hall–Kier alpha value is -1.24. The van der Waals surface area contributed by atoms with Gasteiger partial charge in [-0.05, 0) is 72.0 Å². The summed E-state index contributed by atoms with van der Waals surface area (Å²) < 4.78 is 5.62. The van der Waals surface area contributed by atoms with E-state index >= 15 is 0 Å². The van der Waals surface area contributed by atoms with E-state index in [2.05, 4.69) is 33.8 Å². The number of ether oxygens (including phenoxy) is 1. The molecule has 12 unspecified atom stereocenters. The molecular weight excluding hydrogens is 480 g/mol. The molecule has 12 atom stereocenters. The normalized spacial score (nSPS) is 53.6. The van der Waals surface area contributed by atoms with Gasteiger partial charge in [-0.3, -0.25) is 9.59 Å². The molecule has 4 saturated carbocycles. The predicted molar refractivity (Wildman–Crippen MR) is 145 cm³/mol. The fraction of sp³-hybridized carbons (Fsp3) is 0.875. The Labute approximate surface area is 228 Å². The van der Waals surface area contributed by atoms with Crippen molar-refractivity contribution >= 4 is 11.8 Å². The number of Topliss-reactive ketones (excluding diaryl/α,β-unsaturated/α-hetero) is 1. The number of carbonyl (C=O) groups is 2. The molecular formula is C32H50O6. The molecule has 4 fully saturated rings. The lowest BCUT2D eigenvalue weighted by molar-refractivity contribution is -0.237. The summed E-state index contributed by atoms with van der Waals surface area (Å²) in [7, 11) is 0. The predicted octanol–water partition coefficient (Wildman–Crippen LogP) is 4.69. The highest BCUT2D eigenvalue weighted by molar-refractivity contribution is 5.85. The van der Waals surface area contributed by atoms with Crippen LogP contribution in [0, 0.1) is 56.7 Å². The second-order valence-corrected chi connectivity index (χ2v) is 15.2. The van der Waals surface area contributed by atoms with Crippen molar-refractivity contribution in [2.45, 2.75) is 112 Å². The molecule has 3 N–H and O–H groups in total. The minimum Gasteiger partial charge on any atom is -0.465 e. The van der Waals surface area contributed by atoms with Crippen LogP contribution in [-0.4, -0.2) is 52.0 Å². The Morgan fingerprint density at radius 2 is 1.68 bits per heavy atom. The van der Waals surface area contributed by atoms with Crippen LogP contribution < -0.4 is 0 Å². The number of fused-ring (bicyclic) bond motifs is 7. The Kier molecular flexibility index (Phi) is 6.43. The van der Waals surface area contributed by atoms with Crippen molar-refractivity contribution in [1.29, 1.82) is 0 Å². The molecule has 0 aliphatic heterocycles. The van der Waals surface area contributed by atoms with Gasteiger partial charge < -0.3 is 20.1 Å². The third-order valence-electron chi connectivity index (χ3n) is 13.5. The molecule has 6 nitrogen and oxygen atoms in total. The van der Waals surface area contributed by atoms with Crippen molar-refractivity contribution in [3.63, 3.8) is 0 Å². The van der Waals surface area contributed by atoms with Gasteiger partial charge in [0.2, 0.25) is 0 Å². The molecule has 0 bridgehead atoms. The van der Waals surface area contributed by atoms with Crippen LogP contribution >= 0.6 is 0 Å². The molecule has 0 heterocycles. The minimum absolute atomic E-state index is 0.0289. The third kappa shape index (κ3) is 3.35. The molecule has 5 aliphatic carbocycles. The highest BCUT2D eigenvalue weighted by atomic mass is 16.5. The summed E-state index contributed by atoms with van der Waals surface area (Å²) in [4.78, 5) is 24.9. The quantitative estimate of drug-likeness (QED) is 0.354. The fourth-order valence-corrected chi connectivity index (χ4v) is 11.2. The van der Waals surface area contributed by atoms with Crippen LogP contribution in [0.5, 0.6) is 0 Å². The second kappa shape index (κ2) is 8.63. The first-order valence-corrected chi connectivity index (χ1v) is 14.9. The lowest BCUT2D eigenvalue weighted by atomic mass is 9.33. The number of allylic oxidation sites excluding steroid dienone is 2. The first-order chi connectivity index (χ1) is 17.5. The lowest BCUT2D eigenvalue weighted by Gasteiger charge is -2.72. The van der Waals surface area contributed by atoms with Gasteiger partial charge in [0.1, 0.15) is 12.4 Å². The summed E-state index contributed by atoms with van der Waals surface area (Å²) in [5, 5.41) is 34.5. The topological polar surface area (TPSA) is 104 Å². The third-order valence-corrected chi connectivity index (χ3v) is 13.5. The summed E-state index contributed by atoms with van der Waals surface area (Å²) in [6.07, 6.45) is 4.39. The van der Waals surface area contributed by atoms with Gasteiger partial charge in [-0.1, -0.05) is 60.1 Å². The van der Waals surface area contributed by atoms with Gasteiger partial charge in [0.25, 0.3) is 0 Å². The molecule has 5 aliphatic rings. The summed E-state index contributed by atoms with van der Waals surface area (Å²) in [6, 6.07) is 0. The van der Waals surface area contributed by atoms with Crippen LogP contribution in [0.4, 0.5) is 0 Å². The highest BCUT2D eigenvalue weighted by Gasteiger charge is 2.72. The highest BCUT2D eigenvalue weighted by Crippen LogP contribution is 2.75. The summed E-state index contributed by atoms with van der Waals surface area (Å²) in [5.41, 5.74) is -0.502. The van der Waals surface area contributed by atoms with Crippen LogP contribution in [0.3, 0.4) is 0 Å². The number of carbonyl (C=O) groups excluding carboxylic acids is 2. The number of ketones is 1. The smallest absolute Gasteiger partial charge is 0.302 e. The Bertz CT molecular complexity index is 1050. The van der Waals surface area contributed by atoms with Gasteiger partial charge in [0.05, 0.1) is 18.3 Å². The first kappa shape index (κ1) is 28.3. The van der Waals surface area contributed by atoms with E-state index in [-0.39, 0.29) is 58.3 Å². The largest absolute Gasteiger partial charge is 0.465 e. The van der Waals surface area contributed by atoms with Crippen LogP contribution in [0.25, 0.3) is 0 Å². The monoisotopic (exact) mass is 530 g/mol. The van der Waals surface area contributed by atoms with Gasteiger partial charge in [-0.15, -0.1) is 0 Å². The zero-order valence-electron chi connectivity index (χ0n) is 24.7. The van der Waals surface area contributed by atoms with E-state index in [1.165, 1.54) is 12.5 Å². The molecule has 0 amide bonds. The molecule has 0 aromatic carbocycles. The molecule has 6 heteroatoms. The van der Waals surface area contributed by atoms with Gasteiger partial charge in [-0.2, -0.15) is 0 Å². The van der Waals surface area contributed by atoms with Crippen molar-refractivity contribution in [2.75, 3.05) is 6.61 Å². The number of hydrogen-bond acceptors (Lipinski definition) is 6. The van der Waals surface area contributed by atoms with Gasteiger partial charge in [-0.25, -0.2) is 0 Å². The van der Waals surface area contributed by atoms with E-state index < -0.39 is 29.1 Å². The Morgan fingerprint density at radius 3 is 2.32 bits per heavy atom. The SMILES string of the molecule is CC(=O)OCC12CCC3(C)C(=CCC4C5(C)CCC(=O)C(C)(C)C5C(O)CC43C)C1C(C)C(C)C(O)C2O. The molecule has 0 aromatic heterocycles. The molecule has 0 aromatic rings. The Balaban J connectivity index is 1.64. The average Bonchev–Trinajstić information content (AvgIpc) is 2.82. The molecule has 0 spiro atoms. The number of esters is 1. The summed E-state index contributed by atoms with van der Waals surface area (Å²) in [5.74, 6) is 0.136. The molecule has 5 rings (SSSR count). The second-order valence-electron chi connectivity index (χ2n) is 15.2.